The topological polar surface area (TPSA) is 70.3 Å². The predicted molar refractivity (Wildman–Crippen MR) is 33.0 cm³/mol. The van der Waals surface area contributed by atoms with Crippen molar-refractivity contribution in [1.82, 2.24) is 0 Å². The van der Waals surface area contributed by atoms with Gasteiger partial charge in [-0.05, 0) is 6.92 Å². The number of ether oxygens (including phenoxy) is 1. The summed E-state index contributed by atoms with van der Waals surface area (Å²) in [6.45, 7) is 1.12. The van der Waals surface area contributed by atoms with Crippen LogP contribution in [0.2, 0.25) is 0 Å². The fourth-order valence-corrected chi connectivity index (χ4v) is 0.308. The van der Waals surface area contributed by atoms with Gasteiger partial charge in [0.05, 0.1) is 12.1 Å². The second-order valence-electron chi connectivity index (χ2n) is 1.57. The van der Waals surface area contributed by atoms with E-state index in [4.69, 9.17) is 10.4 Å². The Kier molecular flexibility index (Phi) is 9.26. The summed E-state index contributed by atoms with van der Waals surface area (Å²) in [6.07, 6.45) is 1.14. The third kappa shape index (κ3) is 9.60. The Hall–Kier alpha value is -0.396. The van der Waals surface area contributed by atoms with E-state index in [1.165, 1.54) is 6.92 Å². The molecule has 4 nitrogen and oxygen atoms in total. The Morgan fingerprint density at radius 2 is 2.36 bits per heavy atom. The Bertz CT molecular complexity index is 194. The van der Waals surface area contributed by atoms with Crippen LogP contribution in [0, 0.1) is 11.3 Å². The van der Waals surface area contributed by atoms with Crippen LogP contribution in [0.4, 0.5) is 0 Å². The molecule has 0 spiro atoms. The molecule has 0 rings (SSSR count). The van der Waals surface area contributed by atoms with Gasteiger partial charge in [0.2, 0.25) is 0 Å². The molecule has 1 N–H and O–H groups in total. The molecule has 0 saturated heterocycles. The Morgan fingerprint density at radius 3 is 2.73 bits per heavy atom. The largest absolute Gasteiger partial charge is 0.486 e. The zero-order valence-electron chi connectivity index (χ0n) is 6.07. The van der Waals surface area contributed by atoms with Gasteiger partial charge < -0.3 is 9.84 Å². The first-order chi connectivity index (χ1) is 4.66. The molecule has 0 aliphatic carbocycles. The van der Waals surface area contributed by atoms with Crippen LogP contribution >= 0.6 is 0 Å². The third-order valence-electron chi connectivity index (χ3n) is 0.691. The molecule has 5 heteroatoms. The summed E-state index contributed by atoms with van der Waals surface area (Å²) in [5, 5.41) is 16.1. The number of hydrogen-bond donors (Lipinski definition) is 1. The minimum absolute atomic E-state index is 0. The van der Waals surface area contributed by atoms with Crippen LogP contribution in [0.5, 0.6) is 0 Å². The van der Waals surface area contributed by atoms with Gasteiger partial charge in [-0.3, -0.25) is 0 Å². The molecule has 0 aromatic rings. The van der Waals surface area contributed by atoms with E-state index in [2.05, 4.69) is 4.74 Å². The standard InChI is InChI=1S/C6H7NO3.Y/c1-5(2-3-7)10-4-6(8)9;/h2H,4H2,1H3,(H,8,9);/b5-2-;. The van der Waals surface area contributed by atoms with E-state index >= 15 is 0 Å². The summed E-state index contributed by atoms with van der Waals surface area (Å²) < 4.78 is 4.58. The zero-order chi connectivity index (χ0) is 7.98. The van der Waals surface area contributed by atoms with E-state index in [9.17, 15) is 4.79 Å². The molecule has 0 heterocycles. The van der Waals surface area contributed by atoms with Crippen LogP contribution < -0.4 is 0 Å². The number of rotatable bonds is 3. The smallest absolute Gasteiger partial charge is 0.341 e. The molecule has 57 valence electrons. The average Bonchev–Trinajstić information content (AvgIpc) is 1.85. The van der Waals surface area contributed by atoms with Gasteiger partial charge in [0.1, 0.15) is 5.76 Å². The van der Waals surface area contributed by atoms with Crippen molar-refractivity contribution in [1.29, 1.82) is 5.26 Å². The average molecular weight is 230 g/mol. The summed E-state index contributed by atoms with van der Waals surface area (Å²) in [6, 6.07) is 1.71. The van der Waals surface area contributed by atoms with Crippen molar-refractivity contribution in [3.05, 3.63) is 11.8 Å². The molecule has 0 aromatic heterocycles. The molecule has 0 bridgehead atoms. The molecule has 0 fully saturated rings. The van der Waals surface area contributed by atoms with Crippen molar-refractivity contribution in [2.24, 2.45) is 0 Å². The molecule has 0 aromatic carbocycles. The van der Waals surface area contributed by atoms with Crippen LogP contribution in [-0.4, -0.2) is 17.7 Å². The molecule has 0 aliphatic heterocycles. The molecular weight excluding hydrogens is 223 g/mol. The van der Waals surface area contributed by atoms with E-state index < -0.39 is 12.6 Å². The van der Waals surface area contributed by atoms with Gasteiger partial charge in [0.25, 0.3) is 0 Å². The van der Waals surface area contributed by atoms with Gasteiger partial charge in [0, 0.05) is 32.7 Å². The quantitative estimate of drug-likeness (QED) is 0.566. The summed E-state index contributed by atoms with van der Waals surface area (Å²) in [4.78, 5) is 9.87. The first-order valence-corrected chi connectivity index (χ1v) is 2.58. The van der Waals surface area contributed by atoms with E-state index in [0.29, 0.717) is 5.76 Å². The van der Waals surface area contributed by atoms with Gasteiger partial charge in [-0.1, -0.05) is 0 Å². The number of carbonyl (C=O) groups is 1. The Labute approximate surface area is 89.7 Å². The van der Waals surface area contributed by atoms with Crippen molar-refractivity contribution >= 4 is 5.97 Å². The molecule has 11 heavy (non-hydrogen) atoms. The molecule has 0 saturated carbocycles. The second-order valence-corrected chi connectivity index (χ2v) is 1.57. The van der Waals surface area contributed by atoms with Gasteiger partial charge in [-0.25, -0.2) is 4.79 Å². The number of aliphatic carboxylic acids is 1. The number of nitriles is 1. The summed E-state index contributed by atoms with van der Waals surface area (Å²) >= 11 is 0. The molecule has 0 amide bonds. The summed E-state index contributed by atoms with van der Waals surface area (Å²) in [5.41, 5.74) is 0. The SMILES string of the molecule is C/C(=C/C#N)OCC(=O)O.[Y]. The number of hydrogen-bond acceptors (Lipinski definition) is 3. The van der Waals surface area contributed by atoms with Crippen LogP contribution in [0.25, 0.3) is 0 Å². The van der Waals surface area contributed by atoms with Gasteiger partial charge in [-0.15, -0.1) is 0 Å². The maximum absolute atomic E-state index is 9.87. The number of carboxylic acids is 1. The maximum atomic E-state index is 9.87. The summed E-state index contributed by atoms with van der Waals surface area (Å²) in [5.74, 6) is -0.740. The molecule has 1 radical (unpaired) electrons. The third-order valence-corrected chi connectivity index (χ3v) is 0.691. The van der Waals surface area contributed by atoms with Crippen LogP contribution in [0.1, 0.15) is 6.92 Å². The Morgan fingerprint density at radius 1 is 1.82 bits per heavy atom. The summed E-state index contributed by atoms with van der Waals surface area (Å²) in [7, 11) is 0. The van der Waals surface area contributed by atoms with Gasteiger partial charge in [-0.2, -0.15) is 5.26 Å². The number of carboxylic acid groups (broad SMARTS) is 1. The first kappa shape index (κ1) is 13.2. The minimum Gasteiger partial charge on any atom is -0.486 e. The number of allylic oxidation sites excluding steroid dienone is 2. The van der Waals surface area contributed by atoms with Crippen molar-refractivity contribution < 1.29 is 47.3 Å². The number of nitrogens with zero attached hydrogens (tertiary/aromatic N) is 1. The van der Waals surface area contributed by atoms with E-state index in [0.717, 1.165) is 6.08 Å². The van der Waals surface area contributed by atoms with Crippen molar-refractivity contribution in [2.75, 3.05) is 6.61 Å². The molecule has 0 atom stereocenters. The van der Waals surface area contributed by atoms with Crippen molar-refractivity contribution in [3.63, 3.8) is 0 Å². The van der Waals surface area contributed by atoms with Crippen molar-refractivity contribution in [3.8, 4) is 6.07 Å². The van der Waals surface area contributed by atoms with Crippen LogP contribution in [0.15, 0.2) is 11.8 Å². The van der Waals surface area contributed by atoms with Crippen LogP contribution in [-0.2, 0) is 42.2 Å². The molecule has 0 unspecified atom stereocenters. The van der Waals surface area contributed by atoms with Gasteiger partial charge in [0.15, 0.2) is 6.61 Å². The fraction of sp³-hybridized carbons (Fsp3) is 0.333. The van der Waals surface area contributed by atoms with E-state index in [1.54, 1.807) is 6.07 Å². The zero-order valence-corrected chi connectivity index (χ0v) is 8.91. The molecule has 0 aliphatic rings. The maximum Gasteiger partial charge on any atom is 0.341 e. The predicted octanol–water partition coefficient (Wildman–Crippen LogP) is 0.512. The normalized spacial score (nSPS) is 9.27. The monoisotopic (exact) mass is 230 g/mol. The van der Waals surface area contributed by atoms with Gasteiger partial charge >= 0.3 is 5.97 Å². The fourth-order valence-electron chi connectivity index (χ4n) is 0.308. The van der Waals surface area contributed by atoms with E-state index in [1.807, 2.05) is 0 Å². The molecular formula is C6H7NO3Y. The second kappa shape index (κ2) is 7.71. The first-order valence-electron chi connectivity index (χ1n) is 2.58. The minimum atomic E-state index is -1.05. The Balaban J connectivity index is 0. The van der Waals surface area contributed by atoms with Crippen molar-refractivity contribution in [2.45, 2.75) is 6.92 Å². The van der Waals surface area contributed by atoms with E-state index in [-0.39, 0.29) is 32.7 Å². The van der Waals surface area contributed by atoms with Crippen LogP contribution in [0.3, 0.4) is 0 Å².